The van der Waals surface area contributed by atoms with E-state index in [-0.39, 0.29) is 0 Å². The zero-order chi connectivity index (χ0) is 19.1. The lowest BCUT2D eigenvalue weighted by Crippen LogP contribution is -2.52. The first kappa shape index (κ1) is 20.5. The third kappa shape index (κ3) is 3.44. The molecule has 0 amide bonds. The first-order valence-electron chi connectivity index (χ1n) is 11.9. The van der Waals surface area contributed by atoms with Crippen LogP contribution in [0.1, 0.15) is 125 Å². The molecule has 0 heterocycles. The zero-order valence-electron chi connectivity index (χ0n) is 18.7. The lowest BCUT2D eigenvalue weighted by molar-refractivity contribution is -0.0934. The second kappa shape index (κ2) is 7.29. The molecule has 3 rings (SSSR count). The maximum absolute atomic E-state index is 4.29. The SMILES string of the molecule is C=C1CC(C)(C(C)(CC)C(C)C2(CCCC3(C)CCC3)CCCCC2)C1. The van der Waals surface area contributed by atoms with Crippen LogP contribution in [-0.4, -0.2) is 0 Å². The Labute approximate surface area is 164 Å². The predicted octanol–water partition coefficient (Wildman–Crippen LogP) is 8.71. The molecule has 0 saturated heterocycles. The summed E-state index contributed by atoms with van der Waals surface area (Å²) in [5.41, 5.74) is 3.76. The molecule has 0 aromatic carbocycles. The van der Waals surface area contributed by atoms with E-state index in [0.717, 1.165) is 5.92 Å². The molecular weight excluding hydrogens is 312 g/mol. The maximum atomic E-state index is 4.29. The Morgan fingerprint density at radius 1 is 0.962 bits per heavy atom. The molecule has 26 heavy (non-hydrogen) atoms. The molecule has 3 saturated carbocycles. The van der Waals surface area contributed by atoms with Gasteiger partial charge >= 0.3 is 0 Å². The summed E-state index contributed by atoms with van der Waals surface area (Å²) in [6, 6.07) is 0. The van der Waals surface area contributed by atoms with Crippen molar-refractivity contribution >= 4 is 0 Å². The Morgan fingerprint density at radius 2 is 1.58 bits per heavy atom. The van der Waals surface area contributed by atoms with Crippen LogP contribution in [0.2, 0.25) is 0 Å². The van der Waals surface area contributed by atoms with E-state index < -0.39 is 0 Å². The molecule has 0 spiro atoms. The highest BCUT2D eigenvalue weighted by molar-refractivity contribution is 5.19. The normalized spacial score (nSPS) is 30.0. The van der Waals surface area contributed by atoms with Gasteiger partial charge in [-0.2, -0.15) is 0 Å². The van der Waals surface area contributed by atoms with Gasteiger partial charge in [-0.05, 0) is 85.4 Å². The van der Waals surface area contributed by atoms with Crippen LogP contribution < -0.4 is 0 Å². The average Bonchev–Trinajstić information content (AvgIpc) is 2.58. The van der Waals surface area contributed by atoms with E-state index in [1.807, 2.05) is 0 Å². The molecule has 0 heteroatoms. The minimum Gasteiger partial charge on any atom is -0.0998 e. The molecular formula is C26H46. The second-order valence-electron chi connectivity index (χ2n) is 11.6. The van der Waals surface area contributed by atoms with Gasteiger partial charge in [-0.3, -0.25) is 0 Å². The fourth-order valence-corrected chi connectivity index (χ4v) is 7.44. The van der Waals surface area contributed by atoms with Crippen molar-refractivity contribution in [3.63, 3.8) is 0 Å². The molecule has 2 atom stereocenters. The number of rotatable bonds is 8. The molecule has 3 aliphatic rings. The van der Waals surface area contributed by atoms with Crippen molar-refractivity contribution in [2.75, 3.05) is 0 Å². The van der Waals surface area contributed by atoms with Gasteiger partial charge in [0.2, 0.25) is 0 Å². The average molecular weight is 359 g/mol. The molecule has 3 fully saturated rings. The molecule has 2 unspecified atom stereocenters. The lowest BCUT2D eigenvalue weighted by atomic mass is 9.43. The topological polar surface area (TPSA) is 0 Å². The molecule has 0 aromatic rings. The molecule has 0 aliphatic heterocycles. The summed E-state index contributed by atoms with van der Waals surface area (Å²) in [4.78, 5) is 0. The second-order valence-corrected chi connectivity index (χ2v) is 11.6. The van der Waals surface area contributed by atoms with Gasteiger partial charge in [-0.1, -0.05) is 78.9 Å². The van der Waals surface area contributed by atoms with Gasteiger partial charge in [0.15, 0.2) is 0 Å². The van der Waals surface area contributed by atoms with Crippen molar-refractivity contribution in [3.05, 3.63) is 12.2 Å². The van der Waals surface area contributed by atoms with Crippen LogP contribution in [0, 0.1) is 27.6 Å². The molecule has 3 aliphatic carbocycles. The van der Waals surface area contributed by atoms with Gasteiger partial charge in [0.25, 0.3) is 0 Å². The van der Waals surface area contributed by atoms with Crippen molar-refractivity contribution in [2.45, 2.75) is 125 Å². The minimum absolute atomic E-state index is 0.464. The lowest BCUT2D eigenvalue weighted by Gasteiger charge is -2.61. The van der Waals surface area contributed by atoms with E-state index >= 15 is 0 Å². The Hall–Kier alpha value is -0.260. The number of hydrogen-bond acceptors (Lipinski definition) is 0. The number of allylic oxidation sites excluding steroid dienone is 1. The van der Waals surface area contributed by atoms with Crippen molar-refractivity contribution < 1.29 is 0 Å². The summed E-state index contributed by atoms with van der Waals surface area (Å²) in [6.45, 7) is 17.2. The molecule has 0 bridgehead atoms. The van der Waals surface area contributed by atoms with E-state index in [9.17, 15) is 0 Å². The Balaban J connectivity index is 1.75. The van der Waals surface area contributed by atoms with Crippen LogP contribution in [0.3, 0.4) is 0 Å². The molecule has 0 aromatic heterocycles. The van der Waals surface area contributed by atoms with Crippen LogP contribution in [0.5, 0.6) is 0 Å². The van der Waals surface area contributed by atoms with E-state index in [2.05, 4.69) is 41.2 Å². The summed E-state index contributed by atoms with van der Waals surface area (Å²) >= 11 is 0. The van der Waals surface area contributed by atoms with Crippen LogP contribution in [-0.2, 0) is 0 Å². The third-order valence-corrected chi connectivity index (χ3v) is 10.1. The highest BCUT2D eigenvalue weighted by Crippen LogP contribution is 2.65. The quantitative estimate of drug-likeness (QED) is 0.380. The smallest absolute Gasteiger partial charge is 0.0195 e. The van der Waals surface area contributed by atoms with Crippen molar-refractivity contribution in [1.82, 2.24) is 0 Å². The maximum Gasteiger partial charge on any atom is -0.0195 e. The van der Waals surface area contributed by atoms with Crippen LogP contribution in [0.15, 0.2) is 12.2 Å². The molecule has 0 nitrogen and oxygen atoms in total. The Bertz CT molecular complexity index is 494. The van der Waals surface area contributed by atoms with Crippen molar-refractivity contribution in [2.24, 2.45) is 27.6 Å². The summed E-state index contributed by atoms with van der Waals surface area (Å²) in [6.07, 6.45) is 20.2. The predicted molar refractivity (Wildman–Crippen MR) is 115 cm³/mol. The summed E-state index contributed by atoms with van der Waals surface area (Å²) in [5, 5.41) is 0. The van der Waals surface area contributed by atoms with E-state index in [1.165, 1.54) is 95.5 Å². The van der Waals surface area contributed by atoms with Crippen LogP contribution >= 0.6 is 0 Å². The van der Waals surface area contributed by atoms with Gasteiger partial charge in [0.05, 0.1) is 0 Å². The first-order chi connectivity index (χ1) is 12.2. The van der Waals surface area contributed by atoms with Gasteiger partial charge in [-0.15, -0.1) is 0 Å². The first-order valence-corrected chi connectivity index (χ1v) is 11.9. The van der Waals surface area contributed by atoms with Gasteiger partial charge in [0, 0.05) is 0 Å². The van der Waals surface area contributed by atoms with Gasteiger partial charge in [-0.25, -0.2) is 0 Å². The monoisotopic (exact) mass is 358 g/mol. The molecule has 0 N–H and O–H groups in total. The summed E-state index contributed by atoms with van der Waals surface area (Å²) < 4.78 is 0. The minimum atomic E-state index is 0.464. The Morgan fingerprint density at radius 3 is 2.04 bits per heavy atom. The molecule has 150 valence electrons. The fraction of sp³-hybridized carbons (Fsp3) is 0.923. The van der Waals surface area contributed by atoms with E-state index in [1.54, 1.807) is 0 Å². The highest BCUT2D eigenvalue weighted by atomic mass is 14.6. The summed E-state index contributed by atoms with van der Waals surface area (Å²) in [7, 11) is 0. The van der Waals surface area contributed by atoms with Crippen molar-refractivity contribution in [1.29, 1.82) is 0 Å². The van der Waals surface area contributed by atoms with Crippen LogP contribution in [0.25, 0.3) is 0 Å². The van der Waals surface area contributed by atoms with Gasteiger partial charge < -0.3 is 0 Å². The van der Waals surface area contributed by atoms with Crippen molar-refractivity contribution in [3.8, 4) is 0 Å². The standard InChI is InChI=1S/C26H46/c1-7-25(6,24(5)19-21(2)20-24)22(3)26(16-9-8-10-17-26)18-12-15-23(4)13-11-14-23/h22H,2,7-20H2,1,3-6H3. The summed E-state index contributed by atoms with van der Waals surface area (Å²) in [5.74, 6) is 0.840. The van der Waals surface area contributed by atoms with Gasteiger partial charge in [0.1, 0.15) is 0 Å². The Kier molecular flexibility index (Phi) is 5.74. The molecule has 0 radical (unpaired) electrons. The van der Waals surface area contributed by atoms with E-state index in [4.69, 9.17) is 0 Å². The highest BCUT2D eigenvalue weighted by Gasteiger charge is 2.56. The largest absolute Gasteiger partial charge is 0.0998 e. The number of hydrogen-bond donors (Lipinski definition) is 0. The zero-order valence-corrected chi connectivity index (χ0v) is 18.7. The van der Waals surface area contributed by atoms with Crippen LogP contribution in [0.4, 0.5) is 0 Å². The van der Waals surface area contributed by atoms with E-state index in [0.29, 0.717) is 21.7 Å². The third-order valence-electron chi connectivity index (χ3n) is 10.1. The fourth-order valence-electron chi connectivity index (χ4n) is 7.44.